The SMILES string of the molecule is CC(C)(C)OC(=O)Nc1cnc(N2CCCCC2)cc1I. The van der Waals surface area contributed by atoms with E-state index in [4.69, 9.17) is 4.74 Å². The first-order valence-corrected chi connectivity index (χ1v) is 8.33. The number of nitrogens with zero attached hydrogens (tertiary/aromatic N) is 2. The number of hydrogen-bond acceptors (Lipinski definition) is 4. The number of rotatable bonds is 2. The maximum absolute atomic E-state index is 11.8. The Morgan fingerprint density at radius 2 is 2.00 bits per heavy atom. The zero-order chi connectivity index (χ0) is 15.5. The molecule has 2 rings (SSSR count). The standard InChI is InChI=1S/C15H22IN3O2/c1-15(2,3)21-14(20)18-12-10-17-13(9-11(12)16)19-7-5-4-6-8-19/h9-10H,4-8H2,1-3H3,(H,18,20). The number of carbonyl (C=O) groups is 1. The summed E-state index contributed by atoms with van der Waals surface area (Å²) in [5.74, 6) is 0.980. The number of halogens is 1. The number of hydrogen-bond donors (Lipinski definition) is 1. The van der Waals surface area contributed by atoms with E-state index in [1.54, 1.807) is 6.20 Å². The number of pyridine rings is 1. The van der Waals surface area contributed by atoms with Crippen molar-refractivity contribution in [2.24, 2.45) is 0 Å². The van der Waals surface area contributed by atoms with Gasteiger partial charge in [0.05, 0.1) is 11.9 Å². The molecule has 1 saturated heterocycles. The Kier molecular flexibility index (Phi) is 5.29. The highest BCUT2D eigenvalue weighted by molar-refractivity contribution is 14.1. The van der Waals surface area contributed by atoms with E-state index in [0.29, 0.717) is 5.69 Å². The van der Waals surface area contributed by atoms with Crippen molar-refractivity contribution in [3.8, 4) is 0 Å². The summed E-state index contributed by atoms with van der Waals surface area (Å²) in [6.07, 6.45) is 4.99. The molecule has 1 N–H and O–H groups in total. The first-order valence-electron chi connectivity index (χ1n) is 7.26. The Hall–Kier alpha value is -1.05. The quantitative estimate of drug-likeness (QED) is 0.758. The third kappa shape index (κ3) is 5.01. The average molecular weight is 403 g/mol. The first kappa shape index (κ1) is 16.3. The van der Waals surface area contributed by atoms with Gasteiger partial charge in [0.2, 0.25) is 0 Å². The Balaban J connectivity index is 2.03. The van der Waals surface area contributed by atoms with Crippen LogP contribution in [-0.4, -0.2) is 29.8 Å². The lowest BCUT2D eigenvalue weighted by Gasteiger charge is -2.28. The highest BCUT2D eigenvalue weighted by atomic mass is 127. The number of piperidine rings is 1. The summed E-state index contributed by atoms with van der Waals surface area (Å²) in [4.78, 5) is 18.6. The fourth-order valence-electron chi connectivity index (χ4n) is 2.22. The molecule has 1 amide bonds. The van der Waals surface area contributed by atoms with E-state index in [1.807, 2.05) is 26.8 Å². The lowest BCUT2D eigenvalue weighted by Crippen LogP contribution is -2.30. The van der Waals surface area contributed by atoms with E-state index in [-0.39, 0.29) is 0 Å². The normalized spacial score (nSPS) is 15.7. The van der Waals surface area contributed by atoms with Gasteiger partial charge in [-0.3, -0.25) is 5.32 Å². The van der Waals surface area contributed by atoms with E-state index in [9.17, 15) is 4.79 Å². The Bertz CT molecular complexity index is 508. The maximum atomic E-state index is 11.8. The van der Waals surface area contributed by atoms with Crippen LogP contribution in [0.5, 0.6) is 0 Å². The lowest BCUT2D eigenvalue weighted by molar-refractivity contribution is 0.0636. The van der Waals surface area contributed by atoms with Crippen molar-refractivity contribution in [2.75, 3.05) is 23.3 Å². The molecule has 2 heterocycles. The average Bonchev–Trinajstić information content (AvgIpc) is 2.40. The van der Waals surface area contributed by atoms with Gasteiger partial charge in [-0.05, 0) is 68.7 Å². The molecule has 0 spiro atoms. The molecule has 21 heavy (non-hydrogen) atoms. The fourth-order valence-corrected chi connectivity index (χ4v) is 2.77. The second kappa shape index (κ2) is 6.81. The zero-order valence-electron chi connectivity index (χ0n) is 12.8. The second-order valence-electron chi connectivity index (χ2n) is 6.20. The van der Waals surface area contributed by atoms with Crippen LogP contribution in [0.15, 0.2) is 12.3 Å². The summed E-state index contributed by atoms with van der Waals surface area (Å²) < 4.78 is 6.22. The van der Waals surface area contributed by atoms with Crippen LogP contribution in [0.25, 0.3) is 0 Å². The molecule has 1 aliphatic rings. The summed E-state index contributed by atoms with van der Waals surface area (Å²) in [7, 11) is 0. The van der Waals surface area contributed by atoms with Gasteiger partial charge in [0.15, 0.2) is 0 Å². The minimum atomic E-state index is -0.503. The van der Waals surface area contributed by atoms with E-state index in [2.05, 4.69) is 37.8 Å². The Morgan fingerprint density at radius 1 is 1.33 bits per heavy atom. The van der Waals surface area contributed by atoms with Crippen molar-refractivity contribution in [3.63, 3.8) is 0 Å². The van der Waals surface area contributed by atoms with Crippen LogP contribution >= 0.6 is 22.6 Å². The van der Waals surface area contributed by atoms with E-state index in [0.717, 1.165) is 22.5 Å². The van der Waals surface area contributed by atoms with Gasteiger partial charge in [0, 0.05) is 16.7 Å². The number of aromatic nitrogens is 1. The van der Waals surface area contributed by atoms with Crippen molar-refractivity contribution in [1.82, 2.24) is 4.98 Å². The van der Waals surface area contributed by atoms with E-state index >= 15 is 0 Å². The number of anilines is 2. The molecule has 0 aliphatic carbocycles. The van der Waals surface area contributed by atoms with Crippen molar-refractivity contribution in [3.05, 3.63) is 15.8 Å². The molecule has 0 bridgehead atoms. The molecule has 1 fully saturated rings. The number of carbonyl (C=O) groups excluding carboxylic acids is 1. The molecular formula is C15H22IN3O2. The predicted molar refractivity (Wildman–Crippen MR) is 92.9 cm³/mol. The van der Waals surface area contributed by atoms with Gasteiger partial charge < -0.3 is 9.64 Å². The minimum Gasteiger partial charge on any atom is -0.444 e. The third-order valence-corrected chi connectivity index (χ3v) is 4.05. The monoisotopic (exact) mass is 403 g/mol. The summed E-state index contributed by atoms with van der Waals surface area (Å²) >= 11 is 2.22. The van der Waals surface area contributed by atoms with Crippen molar-refractivity contribution in [1.29, 1.82) is 0 Å². The summed E-state index contributed by atoms with van der Waals surface area (Å²) in [6.45, 7) is 7.64. The van der Waals surface area contributed by atoms with Crippen LogP contribution in [0, 0.1) is 3.57 Å². The molecule has 0 aromatic carbocycles. The van der Waals surface area contributed by atoms with Crippen LogP contribution < -0.4 is 10.2 Å². The van der Waals surface area contributed by atoms with Crippen LogP contribution in [-0.2, 0) is 4.74 Å². The highest BCUT2D eigenvalue weighted by Gasteiger charge is 2.18. The molecule has 5 nitrogen and oxygen atoms in total. The number of ether oxygens (including phenoxy) is 1. The molecule has 0 radical (unpaired) electrons. The number of amides is 1. The van der Waals surface area contributed by atoms with Gasteiger partial charge in [-0.1, -0.05) is 0 Å². The van der Waals surface area contributed by atoms with Crippen molar-refractivity contribution in [2.45, 2.75) is 45.6 Å². The molecular weight excluding hydrogens is 381 g/mol. The molecule has 1 aromatic rings. The third-order valence-electron chi connectivity index (χ3n) is 3.15. The first-order chi connectivity index (χ1) is 9.85. The smallest absolute Gasteiger partial charge is 0.412 e. The van der Waals surface area contributed by atoms with Gasteiger partial charge in [-0.2, -0.15) is 0 Å². The van der Waals surface area contributed by atoms with Crippen molar-refractivity contribution < 1.29 is 9.53 Å². The van der Waals surface area contributed by atoms with Gasteiger partial charge in [-0.15, -0.1) is 0 Å². The van der Waals surface area contributed by atoms with Crippen LogP contribution in [0.4, 0.5) is 16.3 Å². The molecule has 0 atom stereocenters. The summed E-state index contributed by atoms with van der Waals surface area (Å²) in [5, 5.41) is 2.75. The highest BCUT2D eigenvalue weighted by Crippen LogP contribution is 2.24. The molecule has 6 heteroatoms. The Labute approximate surface area is 139 Å². The van der Waals surface area contributed by atoms with E-state index in [1.165, 1.54) is 19.3 Å². The maximum Gasteiger partial charge on any atom is 0.412 e. The number of nitrogens with one attached hydrogen (secondary N) is 1. The molecule has 0 saturated carbocycles. The van der Waals surface area contributed by atoms with Crippen LogP contribution in [0.1, 0.15) is 40.0 Å². The molecule has 0 unspecified atom stereocenters. The predicted octanol–water partition coefficient (Wildman–Crippen LogP) is 4.02. The summed E-state index contributed by atoms with van der Waals surface area (Å²) in [5.41, 5.74) is 0.182. The molecule has 1 aromatic heterocycles. The fraction of sp³-hybridized carbons (Fsp3) is 0.600. The van der Waals surface area contributed by atoms with Gasteiger partial charge in [0.1, 0.15) is 11.4 Å². The van der Waals surface area contributed by atoms with Gasteiger partial charge in [-0.25, -0.2) is 9.78 Å². The van der Waals surface area contributed by atoms with Crippen LogP contribution in [0.3, 0.4) is 0 Å². The largest absolute Gasteiger partial charge is 0.444 e. The zero-order valence-corrected chi connectivity index (χ0v) is 14.9. The lowest BCUT2D eigenvalue weighted by atomic mass is 10.1. The molecule has 1 aliphatic heterocycles. The molecule has 116 valence electrons. The minimum absolute atomic E-state index is 0.451. The Morgan fingerprint density at radius 3 is 2.57 bits per heavy atom. The summed E-state index contributed by atoms with van der Waals surface area (Å²) in [6, 6.07) is 2.01. The topological polar surface area (TPSA) is 54.5 Å². The van der Waals surface area contributed by atoms with Crippen LogP contribution in [0.2, 0.25) is 0 Å². The van der Waals surface area contributed by atoms with E-state index < -0.39 is 11.7 Å². The van der Waals surface area contributed by atoms with Crippen molar-refractivity contribution >= 4 is 40.2 Å². The van der Waals surface area contributed by atoms with Gasteiger partial charge in [0.25, 0.3) is 0 Å². The van der Waals surface area contributed by atoms with Gasteiger partial charge >= 0.3 is 6.09 Å². The second-order valence-corrected chi connectivity index (χ2v) is 7.36.